The molecule has 0 bridgehead atoms. The molecule has 4 aromatic heterocycles. The van der Waals surface area contributed by atoms with Crippen LogP contribution in [0.5, 0.6) is 0 Å². The van der Waals surface area contributed by atoms with Gasteiger partial charge in [-0.1, -0.05) is 7.43 Å². The summed E-state index contributed by atoms with van der Waals surface area (Å²) in [6.07, 6.45) is 6.81. The lowest BCUT2D eigenvalue weighted by atomic mass is 10.3. The van der Waals surface area contributed by atoms with Gasteiger partial charge < -0.3 is 28.6 Å². The van der Waals surface area contributed by atoms with Crippen LogP contribution in [0.25, 0.3) is 11.0 Å². The Morgan fingerprint density at radius 1 is 1.00 bits per heavy atom. The zero-order valence-electron chi connectivity index (χ0n) is 16.4. The molecule has 0 saturated heterocycles. The molecule has 0 aliphatic heterocycles. The highest BCUT2D eigenvalue weighted by Gasteiger charge is 2.11. The van der Waals surface area contributed by atoms with Crippen molar-refractivity contribution in [2.24, 2.45) is 0 Å². The second-order valence-corrected chi connectivity index (χ2v) is 6.49. The van der Waals surface area contributed by atoms with Gasteiger partial charge in [-0.25, -0.2) is 4.79 Å². The van der Waals surface area contributed by atoms with E-state index < -0.39 is 5.97 Å². The number of hydrogen-bond donors (Lipinski definition) is 3. The van der Waals surface area contributed by atoms with Gasteiger partial charge in [0.1, 0.15) is 16.7 Å². The highest BCUT2D eigenvalue weighted by atomic mass is 16.5. The number of aromatic nitrogens is 4. The van der Waals surface area contributed by atoms with E-state index in [1.165, 1.54) is 0 Å². The van der Waals surface area contributed by atoms with E-state index in [4.69, 9.17) is 9.84 Å². The number of aliphatic hydroxyl groups is 1. The van der Waals surface area contributed by atoms with Crippen LogP contribution in [-0.2, 0) is 11.3 Å². The molecular formula is C21H26N4O5. The standard InChI is InChI=1S/C11H12N2O3.C9H10N2O2.CH4/c1-3-16-11(15)8-6-13-5-4-7(2)9(13)10(14)12-8;1-6-2-3-11-4-7(5-12)10-9(13)8(6)11;/h4-6H,3H2,1-2H3,(H,12,14);2-4,12H,5H2,1H3,(H,10,13);1H4. The first-order chi connectivity index (χ1) is 13.8. The number of aliphatic hydroxyl groups excluding tert-OH is 1. The van der Waals surface area contributed by atoms with Gasteiger partial charge >= 0.3 is 5.97 Å². The van der Waals surface area contributed by atoms with Crippen molar-refractivity contribution in [3.8, 4) is 0 Å². The molecule has 30 heavy (non-hydrogen) atoms. The Balaban J connectivity index is 0.000000211. The van der Waals surface area contributed by atoms with Gasteiger partial charge in [0.25, 0.3) is 11.1 Å². The first-order valence-electron chi connectivity index (χ1n) is 9.03. The fourth-order valence-electron chi connectivity index (χ4n) is 3.06. The lowest BCUT2D eigenvalue weighted by Crippen LogP contribution is -2.17. The topological polar surface area (TPSA) is 121 Å². The zero-order valence-corrected chi connectivity index (χ0v) is 16.4. The van der Waals surface area contributed by atoms with E-state index in [0.717, 1.165) is 11.1 Å². The number of nitrogens with one attached hydrogen (secondary N) is 2. The van der Waals surface area contributed by atoms with Crippen LogP contribution < -0.4 is 11.1 Å². The van der Waals surface area contributed by atoms with Gasteiger partial charge in [-0.05, 0) is 44.0 Å². The van der Waals surface area contributed by atoms with Crippen molar-refractivity contribution in [1.82, 2.24) is 18.8 Å². The summed E-state index contributed by atoms with van der Waals surface area (Å²) in [7, 11) is 0. The van der Waals surface area contributed by atoms with E-state index in [9.17, 15) is 14.4 Å². The normalized spacial score (nSPS) is 10.4. The number of carbonyl (C=O) groups excluding carboxylic acids is 1. The smallest absolute Gasteiger partial charge is 0.356 e. The van der Waals surface area contributed by atoms with Crippen LogP contribution in [0, 0.1) is 13.8 Å². The van der Waals surface area contributed by atoms with Crippen molar-refractivity contribution < 1.29 is 14.6 Å². The van der Waals surface area contributed by atoms with E-state index in [0.29, 0.717) is 16.7 Å². The zero-order chi connectivity index (χ0) is 21.1. The minimum atomic E-state index is -0.521. The number of nitrogens with zero attached hydrogens (tertiary/aromatic N) is 2. The molecule has 0 fully saturated rings. The molecule has 0 saturated carbocycles. The maximum absolute atomic E-state index is 11.7. The molecule has 9 heteroatoms. The summed E-state index contributed by atoms with van der Waals surface area (Å²) in [6.45, 7) is 5.57. The van der Waals surface area contributed by atoms with E-state index in [2.05, 4.69) is 9.97 Å². The minimum absolute atomic E-state index is 0. The molecule has 4 rings (SSSR count). The number of rotatable bonds is 3. The van der Waals surface area contributed by atoms with Crippen molar-refractivity contribution in [3.63, 3.8) is 0 Å². The quantitative estimate of drug-likeness (QED) is 0.444. The molecule has 0 unspecified atom stereocenters. The summed E-state index contributed by atoms with van der Waals surface area (Å²) in [6, 6.07) is 3.69. The van der Waals surface area contributed by atoms with Gasteiger partial charge in [0.2, 0.25) is 0 Å². The number of aryl methyl sites for hydroxylation is 2. The van der Waals surface area contributed by atoms with Crippen LogP contribution in [0.1, 0.15) is 41.7 Å². The average molecular weight is 414 g/mol. The largest absolute Gasteiger partial charge is 0.461 e. The van der Waals surface area contributed by atoms with E-state index >= 15 is 0 Å². The van der Waals surface area contributed by atoms with Crippen LogP contribution in [0.15, 0.2) is 46.5 Å². The summed E-state index contributed by atoms with van der Waals surface area (Å²) in [5, 5.41) is 8.84. The van der Waals surface area contributed by atoms with Crippen LogP contribution >= 0.6 is 0 Å². The molecule has 0 aromatic carbocycles. The highest BCUT2D eigenvalue weighted by molar-refractivity contribution is 5.87. The molecule has 0 aliphatic rings. The highest BCUT2D eigenvalue weighted by Crippen LogP contribution is 2.08. The lowest BCUT2D eigenvalue weighted by molar-refractivity contribution is 0.0518. The van der Waals surface area contributed by atoms with Crippen molar-refractivity contribution in [2.45, 2.75) is 34.8 Å². The molecule has 0 atom stereocenters. The molecule has 0 aliphatic carbocycles. The first kappa shape index (κ1) is 22.7. The Morgan fingerprint density at radius 2 is 1.53 bits per heavy atom. The molecule has 3 N–H and O–H groups in total. The molecule has 9 nitrogen and oxygen atoms in total. The maximum Gasteiger partial charge on any atom is 0.356 e. The van der Waals surface area contributed by atoms with Crippen molar-refractivity contribution in [1.29, 1.82) is 0 Å². The van der Waals surface area contributed by atoms with Gasteiger partial charge in [0, 0.05) is 24.8 Å². The fraction of sp³-hybridized carbons (Fsp3) is 0.286. The Morgan fingerprint density at radius 3 is 2.07 bits per heavy atom. The van der Waals surface area contributed by atoms with Crippen LogP contribution in [0.4, 0.5) is 0 Å². The Labute approximate surface area is 172 Å². The maximum atomic E-state index is 11.7. The minimum Gasteiger partial charge on any atom is -0.461 e. The average Bonchev–Trinajstić information content (AvgIpc) is 3.25. The van der Waals surface area contributed by atoms with Crippen molar-refractivity contribution in [3.05, 3.63) is 80.1 Å². The number of H-pyrrole nitrogens is 2. The molecule has 0 radical (unpaired) electrons. The lowest BCUT2D eigenvalue weighted by Gasteiger charge is -2.02. The molecule has 0 amide bonds. The molecule has 4 heterocycles. The summed E-state index contributed by atoms with van der Waals surface area (Å²) in [5.74, 6) is -0.521. The Hall–Kier alpha value is -3.59. The monoisotopic (exact) mass is 414 g/mol. The number of hydrogen-bond acceptors (Lipinski definition) is 5. The van der Waals surface area contributed by atoms with Gasteiger partial charge in [0.15, 0.2) is 0 Å². The van der Waals surface area contributed by atoms with E-state index in [1.807, 2.05) is 26.0 Å². The molecular weight excluding hydrogens is 388 g/mol. The summed E-state index contributed by atoms with van der Waals surface area (Å²) in [5.41, 5.74) is 3.23. The van der Waals surface area contributed by atoms with Gasteiger partial charge in [-0.3, -0.25) is 9.59 Å². The number of fused-ring (bicyclic) bond motifs is 2. The third kappa shape index (κ3) is 4.36. The van der Waals surface area contributed by atoms with Gasteiger partial charge in [-0.15, -0.1) is 0 Å². The summed E-state index contributed by atoms with van der Waals surface area (Å²) in [4.78, 5) is 39.7. The third-order valence-electron chi connectivity index (χ3n) is 4.41. The SMILES string of the molecule is C.CCOC(=O)c1cn2ccc(C)c2c(=O)[nH]1.Cc1ccn2cc(CO)[nH]c(=O)c12. The third-order valence-corrected chi connectivity index (χ3v) is 4.41. The second kappa shape index (κ2) is 9.27. The van der Waals surface area contributed by atoms with E-state index in [-0.39, 0.29) is 37.5 Å². The van der Waals surface area contributed by atoms with Gasteiger partial charge in [0.05, 0.1) is 18.9 Å². The predicted molar refractivity (Wildman–Crippen MR) is 114 cm³/mol. The summed E-state index contributed by atoms with van der Waals surface area (Å²) >= 11 is 0. The number of carbonyl (C=O) groups is 1. The first-order valence-corrected chi connectivity index (χ1v) is 9.03. The van der Waals surface area contributed by atoms with Crippen LogP contribution in [0.3, 0.4) is 0 Å². The van der Waals surface area contributed by atoms with Crippen LogP contribution in [-0.4, -0.2) is 36.5 Å². The Bertz CT molecular complexity index is 1290. The van der Waals surface area contributed by atoms with Gasteiger partial charge in [-0.2, -0.15) is 0 Å². The Kier molecular flexibility index (Phi) is 7.01. The second-order valence-electron chi connectivity index (χ2n) is 6.49. The number of ether oxygens (including phenoxy) is 1. The summed E-state index contributed by atoms with van der Waals surface area (Å²) < 4.78 is 8.16. The van der Waals surface area contributed by atoms with Crippen molar-refractivity contribution in [2.75, 3.05) is 6.61 Å². The molecule has 4 aromatic rings. The van der Waals surface area contributed by atoms with Crippen molar-refractivity contribution >= 4 is 17.0 Å². The molecule has 160 valence electrons. The number of esters is 1. The molecule has 0 spiro atoms. The predicted octanol–water partition coefficient (Wildman–Crippen LogP) is 2.18. The number of aromatic amines is 2. The van der Waals surface area contributed by atoms with E-state index in [1.54, 1.807) is 40.5 Å². The van der Waals surface area contributed by atoms with Crippen LogP contribution in [0.2, 0.25) is 0 Å². The fourth-order valence-corrected chi connectivity index (χ4v) is 3.06.